The van der Waals surface area contributed by atoms with Crippen LogP contribution in [0, 0.1) is 23.3 Å². The summed E-state index contributed by atoms with van der Waals surface area (Å²) in [4.78, 5) is 11.9. The summed E-state index contributed by atoms with van der Waals surface area (Å²) >= 11 is 5.69. The maximum absolute atomic E-state index is 13.5. The van der Waals surface area contributed by atoms with Crippen LogP contribution >= 0.6 is 11.6 Å². The van der Waals surface area contributed by atoms with Crippen molar-refractivity contribution in [2.75, 3.05) is 5.32 Å². The van der Waals surface area contributed by atoms with Crippen molar-refractivity contribution >= 4 is 23.2 Å². The molecule has 122 valence electrons. The highest BCUT2D eigenvalue weighted by Crippen LogP contribution is 2.27. The number of amides is 1. The van der Waals surface area contributed by atoms with E-state index in [2.05, 4.69) is 5.32 Å². The standard InChI is InChI=1S/C15H10ClF4NO2/c1-7(15(22)21-9-4-2-8(16)3-5-9)23-14-12(19)10(17)6-11(18)13(14)20/h2-7H,1H3,(H,21,22)/t7-/m1/s1. The van der Waals surface area contributed by atoms with Gasteiger partial charge in [-0.15, -0.1) is 0 Å². The molecule has 2 rings (SSSR count). The van der Waals surface area contributed by atoms with E-state index in [1.54, 1.807) is 0 Å². The predicted molar refractivity (Wildman–Crippen MR) is 76.4 cm³/mol. The molecule has 1 atom stereocenters. The fraction of sp³-hybridized carbons (Fsp3) is 0.133. The second-order valence-electron chi connectivity index (χ2n) is 4.55. The molecule has 0 aliphatic rings. The molecule has 0 saturated carbocycles. The zero-order valence-corrected chi connectivity index (χ0v) is 12.4. The van der Waals surface area contributed by atoms with Crippen molar-refractivity contribution in [3.05, 3.63) is 58.6 Å². The quantitative estimate of drug-likeness (QED) is 0.661. The molecule has 0 unspecified atom stereocenters. The van der Waals surface area contributed by atoms with Crippen molar-refractivity contribution in [1.29, 1.82) is 0 Å². The third kappa shape index (κ3) is 3.92. The van der Waals surface area contributed by atoms with Gasteiger partial charge >= 0.3 is 0 Å². The summed E-state index contributed by atoms with van der Waals surface area (Å²) in [7, 11) is 0. The fourth-order valence-corrected chi connectivity index (χ4v) is 1.79. The summed E-state index contributed by atoms with van der Waals surface area (Å²) in [5.41, 5.74) is 0.362. The smallest absolute Gasteiger partial charge is 0.265 e. The average Bonchev–Trinajstić information content (AvgIpc) is 2.51. The number of carbonyl (C=O) groups is 1. The summed E-state index contributed by atoms with van der Waals surface area (Å²) < 4.78 is 57.9. The molecule has 0 aromatic heterocycles. The third-order valence-electron chi connectivity index (χ3n) is 2.85. The van der Waals surface area contributed by atoms with E-state index in [4.69, 9.17) is 16.3 Å². The van der Waals surface area contributed by atoms with Crippen LogP contribution in [0.3, 0.4) is 0 Å². The molecule has 0 aliphatic heterocycles. The van der Waals surface area contributed by atoms with Gasteiger partial charge in [0.15, 0.2) is 23.5 Å². The van der Waals surface area contributed by atoms with Crippen LogP contribution in [0.1, 0.15) is 6.92 Å². The van der Waals surface area contributed by atoms with E-state index in [1.165, 1.54) is 31.2 Å². The summed E-state index contributed by atoms with van der Waals surface area (Å²) in [6.45, 7) is 1.17. The Hall–Kier alpha value is -2.28. The maximum atomic E-state index is 13.5. The highest BCUT2D eigenvalue weighted by molar-refractivity contribution is 6.30. The van der Waals surface area contributed by atoms with Crippen molar-refractivity contribution in [2.45, 2.75) is 13.0 Å². The molecule has 23 heavy (non-hydrogen) atoms. The van der Waals surface area contributed by atoms with Crippen LogP contribution < -0.4 is 10.1 Å². The number of ether oxygens (including phenoxy) is 1. The van der Waals surface area contributed by atoms with Gasteiger partial charge in [-0.05, 0) is 31.2 Å². The Morgan fingerprint density at radius 3 is 2.13 bits per heavy atom. The minimum absolute atomic E-state index is 0.0516. The lowest BCUT2D eigenvalue weighted by molar-refractivity contribution is -0.122. The minimum Gasteiger partial charge on any atom is -0.475 e. The molecule has 1 N–H and O–H groups in total. The molecule has 0 spiro atoms. The highest BCUT2D eigenvalue weighted by atomic mass is 35.5. The molecule has 0 radical (unpaired) electrons. The number of carbonyl (C=O) groups excluding carboxylic acids is 1. The van der Waals surface area contributed by atoms with Gasteiger partial charge in [0.05, 0.1) is 0 Å². The molecule has 0 heterocycles. The first-order chi connectivity index (χ1) is 10.8. The van der Waals surface area contributed by atoms with E-state index in [1.807, 2.05) is 0 Å². The number of hydrogen-bond donors (Lipinski definition) is 1. The van der Waals surface area contributed by atoms with Gasteiger partial charge in [0.2, 0.25) is 11.6 Å². The van der Waals surface area contributed by atoms with Crippen molar-refractivity contribution in [3.8, 4) is 5.75 Å². The van der Waals surface area contributed by atoms with E-state index in [0.717, 1.165) is 0 Å². The number of anilines is 1. The van der Waals surface area contributed by atoms with E-state index in [0.29, 0.717) is 10.7 Å². The molecule has 0 saturated heterocycles. The predicted octanol–water partition coefficient (Wildman–Crippen LogP) is 4.30. The molecule has 0 fully saturated rings. The second kappa shape index (κ2) is 6.87. The molecule has 1 amide bonds. The fourth-order valence-electron chi connectivity index (χ4n) is 1.66. The van der Waals surface area contributed by atoms with Gasteiger partial charge < -0.3 is 10.1 Å². The zero-order valence-electron chi connectivity index (χ0n) is 11.7. The van der Waals surface area contributed by atoms with E-state index >= 15 is 0 Å². The number of nitrogens with one attached hydrogen (secondary N) is 1. The number of benzene rings is 2. The van der Waals surface area contributed by atoms with E-state index in [-0.39, 0.29) is 6.07 Å². The topological polar surface area (TPSA) is 38.3 Å². The molecule has 8 heteroatoms. The van der Waals surface area contributed by atoms with Gasteiger partial charge in [0, 0.05) is 16.8 Å². The largest absolute Gasteiger partial charge is 0.475 e. The average molecular weight is 348 g/mol. The maximum Gasteiger partial charge on any atom is 0.265 e. The lowest BCUT2D eigenvalue weighted by atomic mass is 10.2. The van der Waals surface area contributed by atoms with Crippen LogP contribution in [0.5, 0.6) is 5.75 Å². The van der Waals surface area contributed by atoms with Crippen LogP contribution in [0.2, 0.25) is 5.02 Å². The highest BCUT2D eigenvalue weighted by Gasteiger charge is 2.24. The number of halogens is 5. The van der Waals surface area contributed by atoms with E-state index < -0.39 is 41.0 Å². The van der Waals surface area contributed by atoms with Crippen LogP contribution in [-0.4, -0.2) is 12.0 Å². The molecule has 0 aliphatic carbocycles. The molecular weight excluding hydrogens is 338 g/mol. The van der Waals surface area contributed by atoms with Crippen molar-refractivity contribution in [1.82, 2.24) is 0 Å². The number of hydrogen-bond acceptors (Lipinski definition) is 2. The Morgan fingerprint density at radius 1 is 1.09 bits per heavy atom. The Kier molecular flexibility index (Phi) is 5.10. The van der Waals surface area contributed by atoms with Crippen LogP contribution in [-0.2, 0) is 4.79 Å². The Balaban J connectivity index is 2.14. The Bertz CT molecular complexity index is 711. The van der Waals surface area contributed by atoms with Crippen LogP contribution in [0.25, 0.3) is 0 Å². The molecule has 3 nitrogen and oxygen atoms in total. The first-order valence-corrected chi connectivity index (χ1v) is 6.73. The molecule has 2 aromatic carbocycles. The molecular formula is C15H10ClF4NO2. The molecule has 2 aromatic rings. The second-order valence-corrected chi connectivity index (χ2v) is 4.99. The monoisotopic (exact) mass is 347 g/mol. The first kappa shape index (κ1) is 17.1. The van der Waals surface area contributed by atoms with Crippen LogP contribution in [0.15, 0.2) is 30.3 Å². The summed E-state index contributed by atoms with van der Waals surface area (Å²) in [5.74, 6) is -8.73. The molecule has 0 bridgehead atoms. The van der Waals surface area contributed by atoms with Gasteiger partial charge in [-0.1, -0.05) is 11.6 Å². The first-order valence-electron chi connectivity index (χ1n) is 6.35. The Morgan fingerprint density at radius 2 is 1.61 bits per heavy atom. The van der Waals surface area contributed by atoms with Crippen molar-refractivity contribution in [2.24, 2.45) is 0 Å². The Labute approximate surface area is 133 Å². The normalized spacial score (nSPS) is 11.9. The lowest BCUT2D eigenvalue weighted by Crippen LogP contribution is -2.31. The summed E-state index contributed by atoms with van der Waals surface area (Å²) in [6.07, 6.45) is -1.41. The van der Waals surface area contributed by atoms with Crippen molar-refractivity contribution < 1.29 is 27.1 Å². The van der Waals surface area contributed by atoms with Gasteiger partial charge in [0.1, 0.15) is 0 Å². The van der Waals surface area contributed by atoms with Gasteiger partial charge in [-0.25, -0.2) is 8.78 Å². The van der Waals surface area contributed by atoms with E-state index in [9.17, 15) is 22.4 Å². The zero-order chi connectivity index (χ0) is 17.1. The lowest BCUT2D eigenvalue weighted by Gasteiger charge is -2.16. The van der Waals surface area contributed by atoms with Crippen molar-refractivity contribution in [3.63, 3.8) is 0 Å². The van der Waals surface area contributed by atoms with Gasteiger partial charge in [-0.2, -0.15) is 8.78 Å². The third-order valence-corrected chi connectivity index (χ3v) is 3.10. The minimum atomic E-state index is -1.71. The van der Waals surface area contributed by atoms with Gasteiger partial charge in [0.25, 0.3) is 5.91 Å². The van der Waals surface area contributed by atoms with Gasteiger partial charge in [-0.3, -0.25) is 4.79 Å². The van der Waals surface area contributed by atoms with Crippen LogP contribution in [0.4, 0.5) is 23.2 Å². The summed E-state index contributed by atoms with van der Waals surface area (Å²) in [5, 5.41) is 2.85. The number of rotatable bonds is 4. The summed E-state index contributed by atoms with van der Waals surface area (Å²) in [6, 6.07) is 6.08. The SMILES string of the molecule is C[C@@H](Oc1c(F)c(F)cc(F)c1F)C(=O)Nc1ccc(Cl)cc1.